The molecule has 0 aliphatic carbocycles. The predicted molar refractivity (Wildman–Crippen MR) is 121 cm³/mol. The number of rotatable bonds is 6. The smallest absolute Gasteiger partial charge is 0.274 e. The van der Waals surface area contributed by atoms with Crippen LogP contribution in [0.5, 0.6) is 5.75 Å². The van der Waals surface area contributed by atoms with E-state index in [4.69, 9.17) is 4.74 Å². The summed E-state index contributed by atoms with van der Waals surface area (Å²) in [6.07, 6.45) is 0.446. The monoisotopic (exact) mass is 447 g/mol. The van der Waals surface area contributed by atoms with E-state index in [0.717, 1.165) is 17.0 Å². The highest BCUT2D eigenvalue weighted by Crippen LogP contribution is 2.27. The van der Waals surface area contributed by atoms with E-state index in [1.165, 1.54) is 0 Å². The fourth-order valence-corrected chi connectivity index (χ4v) is 5.64. The lowest BCUT2D eigenvalue weighted by Crippen LogP contribution is -2.41. The zero-order chi connectivity index (χ0) is 23.0. The lowest BCUT2D eigenvalue weighted by atomic mass is 10.1. The number of sulfone groups is 1. The summed E-state index contributed by atoms with van der Waals surface area (Å²) in [5.74, 6) is 0.803. The number of hydrogen-bond acceptors (Lipinski definition) is 5. The van der Waals surface area contributed by atoms with Crippen molar-refractivity contribution in [1.29, 1.82) is 0 Å². The topological polar surface area (TPSA) is 81.5 Å². The van der Waals surface area contributed by atoms with E-state index in [1.54, 1.807) is 12.0 Å². The van der Waals surface area contributed by atoms with E-state index < -0.39 is 9.84 Å². The van der Waals surface area contributed by atoms with Crippen LogP contribution in [-0.2, 0) is 21.9 Å². The third kappa shape index (κ3) is 5.29. The standard InChI is InChI=1S/C23H33N3O4S/c1-16(2)21-13-20(24-26(21)23(3,4)5)22(27)25(18-11-12-31(28,29)15-18)14-17-7-9-19(30-6)10-8-17/h7-10,13,16,18H,11-12,14-15H2,1-6H3. The molecule has 1 aliphatic heterocycles. The molecule has 2 aromatic rings. The van der Waals surface area contributed by atoms with Gasteiger partial charge in [0.2, 0.25) is 0 Å². The Hall–Kier alpha value is -2.35. The summed E-state index contributed by atoms with van der Waals surface area (Å²) in [5.41, 5.74) is 1.99. The zero-order valence-corrected chi connectivity index (χ0v) is 20.1. The largest absolute Gasteiger partial charge is 0.497 e. The van der Waals surface area contributed by atoms with E-state index in [2.05, 4.69) is 39.7 Å². The van der Waals surface area contributed by atoms with Gasteiger partial charge in [0.1, 0.15) is 5.75 Å². The second-order valence-electron chi connectivity index (χ2n) is 9.53. The fourth-order valence-electron chi connectivity index (χ4n) is 3.91. The van der Waals surface area contributed by atoms with Gasteiger partial charge in [0.15, 0.2) is 15.5 Å². The Bertz CT molecular complexity index is 1030. The highest BCUT2D eigenvalue weighted by molar-refractivity contribution is 7.91. The van der Waals surface area contributed by atoms with Crippen molar-refractivity contribution in [2.24, 2.45) is 0 Å². The van der Waals surface area contributed by atoms with Gasteiger partial charge in [-0.05, 0) is 56.9 Å². The van der Waals surface area contributed by atoms with Crippen molar-refractivity contribution in [2.75, 3.05) is 18.6 Å². The van der Waals surface area contributed by atoms with E-state index in [0.29, 0.717) is 18.7 Å². The maximum absolute atomic E-state index is 13.6. The molecule has 1 saturated heterocycles. The number of hydrogen-bond donors (Lipinski definition) is 0. The van der Waals surface area contributed by atoms with Crippen LogP contribution in [0.25, 0.3) is 0 Å². The van der Waals surface area contributed by atoms with Crippen LogP contribution in [0.2, 0.25) is 0 Å². The first-order chi connectivity index (χ1) is 14.4. The van der Waals surface area contributed by atoms with Gasteiger partial charge < -0.3 is 9.64 Å². The maximum atomic E-state index is 13.6. The maximum Gasteiger partial charge on any atom is 0.274 e. The molecule has 8 heteroatoms. The Morgan fingerprint density at radius 3 is 2.35 bits per heavy atom. The lowest BCUT2D eigenvalue weighted by Gasteiger charge is -2.28. The molecule has 31 heavy (non-hydrogen) atoms. The van der Waals surface area contributed by atoms with Gasteiger partial charge in [-0.2, -0.15) is 5.10 Å². The number of amides is 1. The van der Waals surface area contributed by atoms with Crippen molar-refractivity contribution >= 4 is 15.7 Å². The summed E-state index contributed by atoms with van der Waals surface area (Å²) in [4.78, 5) is 15.3. The first-order valence-electron chi connectivity index (χ1n) is 10.7. The Morgan fingerprint density at radius 1 is 1.26 bits per heavy atom. The van der Waals surface area contributed by atoms with Crippen LogP contribution in [0.1, 0.15) is 68.7 Å². The summed E-state index contributed by atoms with van der Waals surface area (Å²) in [5, 5.41) is 4.66. The summed E-state index contributed by atoms with van der Waals surface area (Å²) in [6, 6.07) is 8.97. The third-order valence-corrected chi connectivity index (χ3v) is 7.36. The third-order valence-electron chi connectivity index (χ3n) is 5.60. The number of carbonyl (C=O) groups excluding carboxylic acids is 1. The minimum absolute atomic E-state index is 0.00802. The first-order valence-corrected chi connectivity index (χ1v) is 12.5. The summed E-state index contributed by atoms with van der Waals surface area (Å²) in [6.45, 7) is 10.6. The molecule has 1 aromatic carbocycles. The van der Waals surface area contributed by atoms with Crippen molar-refractivity contribution in [3.8, 4) is 5.75 Å². The van der Waals surface area contributed by atoms with Crippen molar-refractivity contribution in [3.05, 3.63) is 47.3 Å². The van der Waals surface area contributed by atoms with Gasteiger partial charge in [-0.1, -0.05) is 26.0 Å². The van der Waals surface area contributed by atoms with Crippen LogP contribution in [0.3, 0.4) is 0 Å². The molecule has 0 spiro atoms. The number of carbonyl (C=O) groups is 1. The molecule has 7 nitrogen and oxygen atoms in total. The Balaban J connectivity index is 1.97. The molecular formula is C23H33N3O4S. The lowest BCUT2D eigenvalue weighted by molar-refractivity contribution is 0.0673. The van der Waals surface area contributed by atoms with Crippen molar-refractivity contribution in [1.82, 2.24) is 14.7 Å². The molecule has 1 fully saturated rings. The van der Waals surface area contributed by atoms with Crippen LogP contribution < -0.4 is 4.74 Å². The number of nitrogens with zero attached hydrogens (tertiary/aromatic N) is 3. The molecular weight excluding hydrogens is 414 g/mol. The minimum atomic E-state index is -3.14. The van der Waals surface area contributed by atoms with Gasteiger partial charge >= 0.3 is 0 Å². The molecule has 0 saturated carbocycles. The van der Waals surface area contributed by atoms with Crippen molar-refractivity contribution in [3.63, 3.8) is 0 Å². The van der Waals surface area contributed by atoms with Gasteiger partial charge in [-0.25, -0.2) is 8.42 Å². The van der Waals surface area contributed by atoms with Crippen LogP contribution in [0.15, 0.2) is 30.3 Å². The number of methoxy groups -OCH3 is 1. The Kier molecular flexibility index (Phi) is 6.51. The zero-order valence-electron chi connectivity index (χ0n) is 19.3. The van der Waals surface area contributed by atoms with Gasteiger partial charge in [-0.3, -0.25) is 9.48 Å². The summed E-state index contributed by atoms with van der Waals surface area (Å²) < 4.78 is 31.4. The van der Waals surface area contributed by atoms with E-state index in [9.17, 15) is 13.2 Å². The highest BCUT2D eigenvalue weighted by Gasteiger charge is 2.36. The van der Waals surface area contributed by atoms with Gasteiger partial charge in [0.25, 0.3) is 5.91 Å². The highest BCUT2D eigenvalue weighted by atomic mass is 32.2. The summed E-state index contributed by atoms with van der Waals surface area (Å²) >= 11 is 0. The molecule has 2 heterocycles. The van der Waals surface area contributed by atoms with Crippen molar-refractivity contribution < 1.29 is 17.9 Å². The second-order valence-corrected chi connectivity index (χ2v) is 11.8. The molecule has 0 bridgehead atoms. The summed E-state index contributed by atoms with van der Waals surface area (Å²) in [7, 11) is -1.54. The van der Waals surface area contributed by atoms with Crippen LogP contribution >= 0.6 is 0 Å². The predicted octanol–water partition coefficient (Wildman–Crippen LogP) is 3.60. The molecule has 1 atom stereocenters. The van der Waals surface area contributed by atoms with Crippen LogP contribution in [0, 0.1) is 0 Å². The van der Waals surface area contributed by atoms with Crippen molar-refractivity contribution in [2.45, 2.75) is 65.1 Å². The van der Waals surface area contributed by atoms with Crippen LogP contribution in [0.4, 0.5) is 0 Å². The number of ether oxygens (including phenoxy) is 1. The molecule has 1 aliphatic rings. The minimum Gasteiger partial charge on any atom is -0.497 e. The molecule has 3 rings (SSSR count). The molecule has 1 unspecified atom stereocenters. The van der Waals surface area contributed by atoms with Gasteiger partial charge in [0, 0.05) is 18.3 Å². The van der Waals surface area contributed by atoms with Crippen LogP contribution in [-0.4, -0.2) is 53.7 Å². The first kappa shape index (κ1) is 23.3. The molecule has 170 valence electrons. The van der Waals surface area contributed by atoms with Gasteiger partial charge in [-0.15, -0.1) is 0 Å². The Morgan fingerprint density at radius 2 is 1.90 bits per heavy atom. The van der Waals surface area contributed by atoms with E-state index in [1.807, 2.05) is 35.0 Å². The number of aromatic nitrogens is 2. The molecule has 1 aromatic heterocycles. The quantitative estimate of drug-likeness (QED) is 0.676. The van der Waals surface area contributed by atoms with E-state index in [-0.39, 0.29) is 34.9 Å². The molecule has 1 amide bonds. The average molecular weight is 448 g/mol. The Labute approximate surface area is 185 Å². The van der Waals surface area contributed by atoms with Gasteiger partial charge in [0.05, 0.1) is 24.2 Å². The molecule has 0 N–H and O–H groups in total. The number of benzene rings is 1. The fraction of sp³-hybridized carbons (Fsp3) is 0.565. The SMILES string of the molecule is COc1ccc(CN(C(=O)c2cc(C(C)C)n(C(C)(C)C)n2)C2CCS(=O)(=O)C2)cc1. The molecule has 0 radical (unpaired) electrons. The second kappa shape index (κ2) is 8.65. The normalized spacial score (nSPS) is 18.4. The van der Waals surface area contributed by atoms with E-state index >= 15 is 0 Å². The average Bonchev–Trinajstić information content (AvgIpc) is 3.30.